The Morgan fingerprint density at radius 1 is 1.75 bits per heavy atom. The molecule has 3 N–H and O–H groups in total. The van der Waals surface area contributed by atoms with Gasteiger partial charge in [-0.2, -0.15) is 0 Å². The second kappa shape index (κ2) is 6.91. The van der Waals surface area contributed by atoms with Gasteiger partial charge in [-0.3, -0.25) is 0 Å². The van der Waals surface area contributed by atoms with E-state index in [1.165, 1.54) is 19.3 Å². The molecule has 0 aromatic heterocycles. The van der Waals surface area contributed by atoms with Crippen molar-refractivity contribution in [1.82, 2.24) is 0 Å². The fraction of sp³-hybridized carbons (Fsp3) is 0.875. The normalized spacial score (nSPS) is 21.2. The third-order valence-electron chi connectivity index (χ3n) is 1.72. The predicted octanol–water partition coefficient (Wildman–Crippen LogP) is 1.45. The Kier molecular flexibility index (Phi) is 6.47. The Hall–Kier alpha value is -0.770. The van der Waals surface area contributed by atoms with Crippen molar-refractivity contribution in [2.45, 2.75) is 26.2 Å². The Balaban J connectivity index is 0.000000261. The molecular formula is C8H17NO3. The SMILES string of the molecule is CCC[C@H]1CCOC1.NC(=O)O. The summed E-state index contributed by atoms with van der Waals surface area (Å²) >= 11 is 0. The van der Waals surface area contributed by atoms with Gasteiger partial charge in [0.1, 0.15) is 0 Å². The van der Waals surface area contributed by atoms with E-state index in [1.54, 1.807) is 0 Å². The van der Waals surface area contributed by atoms with E-state index < -0.39 is 6.09 Å². The molecule has 4 nitrogen and oxygen atoms in total. The average Bonchev–Trinajstić information content (AvgIpc) is 2.39. The second-order valence-electron chi connectivity index (χ2n) is 2.86. The number of rotatable bonds is 2. The van der Waals surface area contributed by atoms with Crippen molar-refractivity contribution in [3.05, 3.63) is 0 Å². The molecule has 0 spiro atoms. The number of primary amides is 1. The van der Waals surface area contributed by atoms with Crippen molar-refractivity contribution in [3.8, 4) is 0 Å². The van der Waals surface area contributed by atoms with Gasteiger partial charge in [-0.05, 0) is 18.8 Å². The van der Waals surface area contributed by atoms with Crippen molar-refractivity contribution in [1.29, 1.82) is 0 Å². The first-order valence-corrected chi connectivity index (χ1v) is 4.23. The summed E-state index contributed by atoms with van der Waals surface area (Å²) < 4.78 is 5.21. The first-order chi connectivity index (χ1) is 5.66. The molecule has 1 aliphatic heterocycles. The highest BCUT2D eigenvalue weighted by molar-refractivity contribution is 5.61. The summed E-state index contributed by atoms with van der Waals surface area (Å²) in [5.74, 6) is 0.889. The van der Waals surface area contributed by atoms with Gasteiger partial charge in [0.05, 0.1) is 0 Å². The molecule has 0 aliphatic carbocycles. The van der Waals surface area contributed by atoms with E-state index >= 15 is 0 Å². The molecule has 1 saturated heterocycles. The van der Waals surface area contributed by atoms with Crippen LogP contribution in [0.1, 0.15) is 26.2 Å². The predicted molar refractivity (Wildman–Crippen MR) is 46.0 cm³/mol. The van der Waals surface area contributed by atoms with Crippen LogP contribution in [-0.2, 0) is 4.74 Å². The first-order valence-electron chi connectivity index (χ1n) is 4.23. The van der Waals surface area contributed by atoms with Gasteiger partial charge in [-0.15, -0.1) is 0 Å². The quantitative estimate of drug-likeness (QED) is 0.667. The van der Waals surface area contributed by atoms with Crippen LogP contribution in [0.2, 0.25) is 0 Å². The average molecular weight is 175 g/mol. The molecule has 0 saturated carbocycles. The molecule has 0 aromatic carbocycles. The lowest BCUT2D eigenvalue weighted by atomic mass is 10.0. The number of carbonyl (C=O) groups is 1. The topological polar surface area (TPSA) is 72.5 Å². The zero-order chi connectivity index (χ0) is 9.40. The molecule has 0 radical (unpaired) electrons. The molecule has 4 heteroatoms. The molecule has 1 atom stereocenters. The van der Waals surface area contributed by atoms with Crippen LogP contribution < -0.4 is 5.73 Å². The molecule has 0 bridgehead atoms. The van der Waals surface area contributed by atoms with Gasteiger partial charge in [0.25, 0.3) is 0 Å². The zero-order valence-electron chi connectivity index (χ0n) is 7.45. The Bertz CT molecular complexity index is 117. The number of nitrogens with two attached hydrogens (primary N) is 1. The molecule has 1 aliphatic rings. The maximum absolute atomic E-state index is 8.78. The number of hydrogen-bond donors (Lipinski definition) is 2. The van der Waals surface area contributed by atoms with Gasteiger partial charge in [0.15, 0.2) is 0 Å². The largest absolute Gasteiger partial charge is 0.465 e. The minimum atomic E-state index is -1.33. The maximum atomic E-state index is 8.78. The first kappa shape index (κ1) is 11.2. The van der Waals surface area contributed by atoms with Gasteiger partial charge in [-0.1, -0.05) is 13.3 Å². The van der Waals surface area contributed by atoms with Crippen molar-refractivity contribution < 1.29 is 14.6 Å². The lowest BCUT2D eigenvalue weighted by Gasteiger charge is -2.01. The van der Waals surface area contributed by atoms with E-state index in [9.17, 15) is 0 Å². The minimum Gasteiger partial charge on any atom is -0.465 e. The fourth-order valence-electron chi connectivity index (χ4n) is 1.22. The van der Waals surface area contributed by atoms with Gasteiger partial charge in [0, 0.05) is 13.2 Å². The summed E-state index contributed by atoms with van der Waals surface area (Å²) in [6.45, 7) is 4.26. The van der Waals surface area contributed by atoms with Gasteiger partial charge in [-0.25, -0.2) is 4.79 Å². The van der Waals surface area contributed by atoms with Crippen molar-refractivity contribution in [2.75, 3.05) is 13.2 Å². The van der Waals surface area contributed by atoms with E-state index in [4.69, 9.17) is 14.6 Å². The molecular weight excluding hydrogens is 158 g/mol. The van der Waals surface area contributed by atoms with Crippen LogP contribution >= 0.6 is 0 Å². The van der Waals surface area contributed by atoms with Crippen molar-refractivity contribution in [2.24, 2.45) is 11.7 Å². The Morgan fingerprint density at radius 3 is 2.67 bits per heavy atom. The number of ether oxygens (including phenoxy) is 1. The fourth-order valence-corrected chi connectivity index (χ4v) is 1.22. The molecule has 72 valence electrons. The molecule has 1 amide bonds. The maximum Gasteiger partial charge on any atom is 0.402 e. The summed E-state index contributed by atoms with van der Waals surface area (Å²) in [6, 6.07) is 0. The number of carboxylic acid groups (broad SMARTS) is 1. The molecule has 1 fully saturated rings. The lowest BCUT2D eigenvalue weighted by Crippen LogP contribution is -2.03. The molecule has 12 heavy (non-hydrogen) atoms. The van der Waals surface area contributed by atoms with E-state index in [0.717, 1.165) is 19.1 Å². The monoisotopic (exact) mass is 175 g/mol. The van der Waals surface area contributed by atoms with E-state index in [0.29, 0.717) is 0 Å². The smallest absolute Gasteiger partial charge is 0.402 e. The Labute approximate surface area is 72.7 Å². The van der Waals surface area contributed by atoms with E-state index in [1.807, 2.05) is 0 Å². The van der Waals surface area contributed by atoms with Gasteiger partial charge >= 0.3 is 6.09 Å². The highest BCUT2D eigenvalue weighted by Gasteiger charge is 2.13. The van der Waals surface area contributed by atoms with E-state index in [-0.39, 0.29) is 0 Å². The molecule has 1 heterocycles. The van der Waals surface area contributed by atoms with Gasteiger partial charge < -0.3 is 15.6 Å². The van der Waals surface area contributed by atoms with Crippen LogP contribution in [0, 0.1) is 5.92 Å². The molecule has 1 rings (SSSR count). The molecule has 0 unspecified atom stereocenters. The van der Waals surface area contributed by atoms with Crippen LogP contribution in [0.4, 0.5) is 4.79 Å². The number of hydrogen-bond acceptors (Lipinski definition) is 2. The second-order valence-corrected chi connectivity index (χ2v) is 2.86. The third-order valence-corrected chi connectivity index (χ3v) is 1.72. The summed E-state index contributed by atoms with van der Waals surface area (Å²) in [5, 5.41) is 7.19. The van der Waals surface area contributed by atoms with Gasteiger partial charge in [0.2, 0.25) is 0 Å². The van der Waals surface area contributed by atoms with Crippen LogP contribution in [0.25, 0.3) is 0 Å². The lowest BCUT2D eigenvalue weighted by molar-refractivity contribution is 0.184. The molecule has 0 aromatic rings. The van der Waals surface area contributed by atoms with Crippen LogP contribution in [0.5, 0.6) is 0 Å². The van der Waals surface area contributed by atoms with Crippen LogP contribution in [-0.4, -0.2) is 24.4 Å². The minimum absolute atomic E-state index is 0.889. The summed E-state index contributed by atoms with van der Waals surface area (Å²) in [4.78, 5) is 8.78. The summed E-state index contributed by atoms with van der Waals surface area (Å²) in [6.07, 6.45) is 2.64. The zero-order valence-corrected chi connectivity index (χ0v) is 7.45. The van der Waals surface area contributed by atoms with E-state index in [2.05, 4.69) is 12.7 Å². The van der Waals surface area contributed by atoms with Crippen LogP contribution in [0.15, 0.2) is 0 Å². The Morgan fingerprint density at radius 2 is 2.33 bits per heavy atom. The highest BCUT2D eigenvalue weighted by Crippen LogP contribution is 2.16. The summed E-state index contributed by atoms with van der Waals surface area (Å²) in [5.41, 5.74) is 4.03. The third kappa shape index (κ3) is 7.34. The highest BCUT2D eigenvalue weighted by atomic mass is 16.5. The van der Waals surface area contributed by atoms with Crippen molar-refractivity contribution in [3.63, 3.8) is 0 Å². The number of amides is 1. The standard InChI is InChI=1S/C7H14O.CH3NO2/c1-2-3-7-4-5-8-6-7;2-1(3)4/h7H,2-6H2,1H3;2H2,(H,3,4)/t7-;/m0./s1. The van der Waals surface area contributed by atoms with Crippen LogP contribution in [0.3, 0.4) is 0 Å². The summed E-state index contributed by atoms with van der Waals surface area (Å²) in [7, 11) is 0. The van der Waals surface area contributed by atoms with Crippen molar-refractivity contribution >= 4 is 6.09 Å².